The van der Waals surface area contributed by atoms with E-state index in [-0.39, 0.29) is 18.3 Å². The quantitative estimate of drug-likeness (QED) is 0.408. The highest BCUT2D eigenvalue weighted by atomic mass is 16.5. The molecule has 0 saturated carbocycles. The van der Waals surface area contributed by atoms with Gasteiger partial charge in [0.15, 0.2) is 5.82 Å². The number of rotatable bonds is 9. The van der Waals surface area contributed by atoms with Crippen LogP contribution in [-0.4, -0.2) is 42.8 Å². The van der Waals surface area contributed by atoms with Crippen molar-refractivity contribution < 1.29 is 9.63 Å². The van der Waals surface area contributed by atoms with E-state index in [1.807, 2.05) is 26.0 Å². The predicted octanol–water partition coefficient (Wildman–Crippen LogP) is 2.82. The summed E-state index contributed by atoms with van der Waals surface area (Å²) in [6.45, 7) is 13.5. The maximum absolute atomic E-state index is 9.60. The fourth-order valence-corrected chi connectivity index (χ4v) is 3.33. The van der Waals surface area contributed by atoms with Crippen LogP contribution in [0.2, 0.25) is 0 Å². The third-order valence-electron chi connectivity index (χ3n) is 6.09. The van der Waals surface area contributed by atoms with Crippen LogP contribution in [0.15, 0.2) is 58.8 Å². The molecule has 3 aromatic heterocycles. The summed E-state index contributed by atoms with van der Waals surface area (Å²) >= 11 is 0. The molecular formula is C24H32N8O2. The molecule has 3 aromatic rings. The molecule has 0 aromatic carbocycles. The van der Waals surface area contributed by atoms with Crippen LogP contribution in [0.1, 0.15) is 51.7 Å². The van der Waals surface area contributed by atoms with Crippen LogP contribution in [0.4, 0.5) is 0 Å². The van der Waals surface area contributed by atoms with E-state index in [9.17, 15) is 5.11 Å². The zero-order valence-electron chi connectivity index (χ0n) is 20.2. The van der Waals surface area contributed by atoms with Crippen LogP contribution < -0.4 is 11.5 Å². The molecule has 0 fully saturated rings. The standard InChI is InChI=1S/C24H32N8O2/c1-15(2)24(6,19-7-8-20(28-12-19)17(9-25)10-27-16(3)26)22-30-21(34-31-22)18-11-29-32(13-18)23(4,5)14-33/h7-13,15,33H,3,14,25-26H2,1-2,4-6H3/b17-9+,27-10?/t24-/m1/s1. The highest BCUT2D eigenvalue weighted by Gasteiger charge is 2.38. The maximum atomic E-state index is 9.60. The lowest BCUT2D eigenvalue weighted by atomic mass is 9.73. The summed E-state index contributed by atoms with van der Waals surface area (Å²) in [6, 6.07) is 3.83. The van der Waals surface area contributed by atoms with E-state index < -0.39 is 11.0 Å². The summed E-state index contributed by atoms with van der Waals surface area (Å²) in [4.78, 5) is 13.3. The molecule has 0 saturated heterocycles. The molecule has 180 valence electrons. The van der Waals surface area contributed by atoms with Crippen molar-refractivity contribution in [1.82, 2.24) is 24.9 Å². The predicted molar refractivity (Wildman–Crippen MR) is 131 cm³/mol. The highest BCUT2D eigenvalue weighted by Crippen LogP contribution is 2.38. The summed E-state index contributed by atoms with van der Waals surface area (Å²) in [7, 11) is 0. The van der Waals surface area contributed by atoms with Gasteiger partial charge in [-0.1, -0.05) is 31.6 Å². The van der Waals surface area contributed by atoms with Crippen molar-refractivity contribution in [2.75, 3.05) is 6.61 Å². The van der Waals surface area contributed by atoms with Crippen LogP contribution >= 0.6 is 0 Å². The highest BCUT2D eigenvalue weighted by molar-refractivity contribution is 6.09. The van der Waals surface area contributed by atoms with Gasteiger partial charge in [0.25, 0.3) is 5.89 Å². The van der Waals surface area contributed by atoms with Gasteiger partial charge in [-0.25, -0.2) is 4.99 Å². The summed E-state index contributed by atoms with van der Waals surface area (Å²) in [5, 5.41) is 18.2. The number of nitrogens with two attached hydrogens (primary N) is 2. The van der Waals surface area contributed by atoms with Gasteiger partial charge in [0, 0.05) is 30.4 Å². The Morgan fingerprint density at radius 1 is 1.29 bits per heavy atom. The molecule has 0 unspecified atom stereocenters. The number of hydrogen-bond donors (Lipinski definition) is 3. The second kappa shape index (κ2) is 9.60. The first-order chi connectivity index (χ1) is 16.0. The number of nitrogens with zero attached hydrogens (tertiary/aromatic N) is 6. The van der Waals surface area contributed by atoms with Gasteiger partial charge in [-0.15, -0.1) is 0 Å². The summed E-state index contributed by atoms with van der Waals surface area (Å²) in [6.07, 6.45) is 8.15. The first-order valence-electron chi connectivity index (χ1n) is 10.9. The average molecular weight is 465 g/mol. The molecule has 0 amide bonds. The maximum Gasteiger partial charge on any atom is 0.261 e. The number of aliphatic imine (C=N–C) groups is 1. The SMILES string of the molecule is C=C(N)N=C/C(=C\N)c1ccc([C@](C)(c2noc(-c3cnn(C(C)(C)CO)c3)n2)C(C)C)cn1. The molecular weight excluding hydrogens is 432 g/mol. The van der Waals surface area contributed by atoms with Crippen LogP contribution in [-0.2, 0) is 11.0 Å². The monoisotopic (exact) mass is 464 g/mol. The number of allylic oxidation sites excluding steroid dienone is 1. The second-order valence-electron chi connectivity index (χ2n) is 9.23. The fraction of sp³-hybridized carbons (Fsp3) is 0.375. The minimum absolute atomic E-state index is 0.0501. The van der Waals surface area contributed by atoms with Gasteiger partial charge in [0.05, 0.1) is 35.0 Å². The molecule has 0 radical (unpaired) electrons. The van der Waals surface area contributed by atoms with Crippen LogP contribution in [0.5, 0.6) is 0 Å². The Kier molecular flexibility index (Phi) is 7.01. The first kappa shape index (κ1) is 24.8. The topological polar surface area (TPSA) is 154 Å². The van der Waals surface area contributed by atoms with Gasteiger partial charge >= 0.3 is 0 Å². The lowest BCUT2D eigenvalue weighted by molar-refractivity contribution is 0.152. The average Bonchev–Trinajstić information content (AvgIpc) is 3.49. The van der Waals surface area contributed by atoms with Gasteiger partial charge in [0.2, 0.25) is 0 Å². The third-order valence-corrected chi connectivity index (χ3v) is 6.09. The molecule has 0 aliphatic rings. The van der Waals surface area contributed by atoms with Crippen molar-refractivity contribution in [1.29, 1.82) is 0 Å². The lowest BCUT2D eigenvalue weighted by Crippen LogP contribution is -2.31. The first-order valence-corrected chi connectivity index (χ1v) is 10.9. The van der Waals surface area contributed by atoms with E-state index in [4.69, 9.17) is 21.0 Å². The number of hydrogen-bond acceptors (Lipinski definition) is 9. The smallest absolute Gasteiger partial charge is 0.261 e. The number of pyridine rings is 1. The lowest BCUT2D eigenvalue weighted by Gasteiger charge is -2.30. The Balaban J connectivity index is 1.95. The van der Waals surface area contributed by atoms with Crippen molar-refractivity contribution in [3.05, 3.63) is 66.4 Å². The van der Waals surface area contributed by atoms with Gasteiger partial charge in [-0.05, 0) is 38.3 Å². The van der Waals surface area contributed by atoms with Crippen molar-refractivity contribution in [2.45, 2.75) is 45.6 Å². The van der Waals surface area contributed by atoms with Crippen molar-refractivity contribution >= 4 is 11.8 Å². The van der Waals surface area contributed by atoms with Crippen molar-refractivity contribution in [3.63, 3.8) is 0 Å². The molecule has 0 aliphatic heterocycles. The zero-order chi connectivity index (χ0) is 25.1. The molecule has 10 nitrogen and oxygen atoms in total. The summed E-state index contributed by atoms with van der Waals surface area (Å²) in [5.41, 5.74) is 13.0. The molecule has 34 heavy (non-hydrogen) atoms. The number of aliphatic hydroxyl groups is 1. The molecule has 10 heteroatoms. The number of aliphatic hydroxyl groups excluding tert-OH is 1. The molecule has 3 rings (SSSR count). The molecule has 0 spiro atoms. The summed E-state index contributed by atoms with van der Waals surface area (Å²) < 4.78 is 7.28. The molecule has 3 heterocycles. The zero-order valence-corrected chi connectivity index (χ0v) is 20.2. The normalized spacial score (nSPS) is 14.6. The largest absolute Gasteiger partial charge is 0.404 e. The Hall–Kier alpha value is -3.79. The van der Waals surface area contributed by atoms with E-state index in [1.54, 1.807) is 23.3 Å². The van der Waals surface area contributed by atoms with Gasteiger partial charge in [-0.2, -0.15) is 10.1 Å². The van der Waals surface area contributed by atoms with Crippen LogP contribution in [0.3, 0.4) is 0 Å². The van der Waals surface area contributed by atoms with Gasteiger partial charge in [-0.3, -0.25) is 9.67 Å². The van der Waals surface area contributed by atoms with E-state index in [0.717, 1.165) is 5.56 Å². The Labute approximate surface area is 199 Å². The molecule has 0 aliphatic carbocycles. The molecule has 5 N–H and O–H groups in total. The third kappa shape index (κ3) is 4.76. The van der Waals surface area contributed by atoms with Crippen LogP contribution in [0.25, 0.3) is 17.0 Å². The van der Waals surface area contributed by atoms with Gasteiger partial charge < -0.3 is 21.1 Å². The van der Waals surface area contributed by atoms with Gasteiger partial charge in [0.1, 0.15) is 5.82 Å². The minimum Gasteiger partial charge on any atom is -0.404 e. The van der Waals surface area contributed by atoms with E-state index in [1.165, 1.54) is 12.4 Å². The van der Waals surface area contributed by atoms with E-state index in [2.05, 4.69) is 47.6 Å². The Bertz CT molecular complexity index is 1200. The van der Waals surface area contributed by atoms with E-state index >= 15 is 0 Å². The van der Waals surface area contributed by atoms with Crippen molar-refractivity contribution in [3.8, 4) is 11.5 Å². The van der Waals surface area contributed by atoms with Crippen LogP contribution in [0, 0.1) is 5.92 Å². The summed E-state index contributed by atoms with van der Waals surface area (Å²) in [5.74, 6) is 1.21. The van der Waals surface area contributed by atoms with Crippen molar-refractivity contribution in [2.24, 2.45) is 22.4 Å². The Morgan fingerprint density at radius 3 is 2.59 bits per heavy atom. The van der Waals surface area contributed by atoms with E-state index in [0.29, 0.717) is 28.5 Å². The molecule has 1 atom stereocenters. The Morgan fingerprint density at radius 2 is 2.03 bits per heavy atom. The second-order valence-corrected chi connectivity index (χ2v) is 9.23. The molecule has 0 bridgehead atoms. The number of aromatic nitrogens is 5. The minimum atomic E-state index is -0.570. The fourth-order valence-electron chi connectivity index (χ4n) is 3.33.